The van der Waals surface area contributed by atoms with Crippen LogP contribution in [0.1, 0.15) is 12.6 Å². The summed E-state index contributed by atoms with van der Waals surface area (Å²) in [6.07, 6.45) is -4.57. The van der Waals surface area contributed by atoms with Crippen LogP contribution >= 0.6 is 0 Å². The van der Waals surface area contributed by atoms with Crippen molar-refractivity contribution >= 4 is 17.5 Å². The number of benzene rings is 1. The van der Waals surface area contributed by atoms with Gasteiger partial charge in [0.05, 0.1) is 0 Å². The van der Waals surface area contributed by atoms with Crippen LogP contribution in [0.25, 0.3) is 0 Å². The third kappa shape index (κ3) is 3.98. The average molecular weight is 298 g/mol. The predicted molar refractivity (Wildman–Crippen MR) is 72.6 cm³/mol. The first-order valence-electron chi connectivity index (χ1n) is 6.14. The molecule has 1 aromatic carbocycles. The molecule has 0 spiro atoms. The number of hydrogen-bond donors (Lipinski definition) is 3. The molecule has 0 unspecified atom stereocenters. The molecule has 5 nitrogen and oxygen atoms in total. The minimum absolute atomic E-state index is 0.00277. The molecular weight excluding hydrogens is 285 g/mol. The summed E-state index contributed by atoms with van der Waals surface area (Å²) in [6.45, 7) is 2.12. The van der Waals surface area contributed by atoms with Crippen LogP contribution in [0.4, 0.5) is 30.6 Å². The van der Waals surface area contributed by atoms with Crippen LogP contribution in [-0.4, -0.2) is 21.6 Å². The van der Waals surface area contributed by atoms with Gasteiger partial charge in [0.15, 0.2) is 5.69 Å². The van der Waals surface area contributed by atoms with Crippen molar-refractivity contribution < 1.29 is 18.3 Å². The minimum Gasteiger partial charge on any atom is -0.508 e. The summed E-state index contributed by atoms with van der Waals surface area (Å²) in [7, 11) is 0. The lowest BCUT2D eigenvalue weighted by atomic mass is 10.3. The molecule has 0 aliphatic heterocycles. The summed E-state index contributed by atoms with van der Waals surface area (Å²) >= 11 is 0. The number of aromatic nitrogens is 2. The molecule has 0 bridgehead atoms. The number of phenols is 1. The number of halogens is 3. The molecule has 112 valence electrons. The lowest BCUT2D eigenvalue weighted by Crippen LogP contribution is -2.13. The second-order valence-electron chi connectivity index (χ2n) is 4.17. The molecule has 3 N–H and O–H groups in total. The Labute approximate surface area is 118 Å². The van der Waals surface area contributed by atoms with Gasteiger partial charge < -0.3 is 15.7 Å². The van der Waals surface area contributed by atoms with Gasteiger partial charge in [0.25, 0.3) is 0 Å². The molecule has 0 radical (unpaired) electrons. The number of nitrogens with one attached hydrogen (secondary N) is 2. The molecule has 2 rings (SSSR count). The maximum absolute atomic E-state index is 12.8. The van der Waals surface area contributed by atoms with Crippen LogP contribution in [0.15, 0.2) is 30.3 Å². The van der Waals surface area contributed by atoms with Crippen molar-refractivity contribution in [3.8, 4) is 5.75 Å². The van der Waals surface area contributed by atoms with Crippen molar-refractivity contribution in [2.45, 2.75) is 13.1 Å². The standard InChI is InChI=1S/C13H13F3N4O/c1-2-17-12-19-10(13(14,15)16)7-11(20-12)18-8-4-3-5-9(21)6-8/h3-7,21H,2H2,1H3,(H2,17,18,19,20). The van der Waals surface area contributed by atoms with E-state index in [2.05, 4.69) is 20.6 Å². The predicted octanol–water partition coefficient (Wildman–Crippen LogP) is 3.38. The highest BCUT2D eigenvalue weighted by atomic mass is 19.4. The molecule has 1 heterocycles. The summed E-state index contributed by atoms with van der Waals surface area (Å²) < 4.78 is 38.4. The largest absolute Gasteiger partial charge is 0.508 e. The van der Waals surface area contributed by atoms with E-state index in [9.17, 15) is 18.3 Å². The third-order valence-electron chi connectivity index (χ3n) is 2.47. The zero-order valence-corrected chi connectivity index (χ0v) is 11.1. The number of hydrogen-bond acceptors (Lipinski definition) is 5. The molecule has 0 aliphatic rings. The van der Waals surface area contributed by atoms with Crippen molar-refractivity contribution in [3.63, 3.8) is 0 Å². The first-order chi connectivity index (χ1) is 9.88. The van der Waals surface area contributed by atoms with Crippen LogP contribution in [-0.2, 0) is 6.18 Å². The van der Waals surface area contributed by atoms with E-state index in [-0.39, 0.29) is 17.5 Å². The molecule has 8 heteroatoms. The van der Waals surface area contributed by atoms with Gasteiger partial charge in [-0.1, -0.05) is 6.07 Å². The highest BCUT2D eigenvalue weighted by Crippen LogP contribution is 2.30. The number of rotatable bonds is 4. The fraction of sp³-hybridized carbons (Fsp3) is 0.231. The summed E-state index contributed by atoms with van der Waals surface area (Å²) in [5.41, 5.74) is -0.625. The number of anilines is 3. The van der Waals surface area contributed by atoms with Crippen molar-refractivity contribution in [3.05, 3.63) is 36.0 Å². The first kappa shape index (κ1) is 14.9. The third-order valence-corrected chi connectivity index (χ3v) is 2.47. The first-order valence-corrected chi connectivity index (χ1v) is 6.14. The van der Waals surface area contributed by atoms with Crippen LogP contribution in [0.5, 0.6) is 5.75 Å². The zero-order valence-electron chi connectivity index (χ0n) is 11.1. The fourth-order valence-electron chi connectivity index (χ4n) is 1.63. The Morgan fingerprint density at radius 3 is 2.57 bits per heavy atom. The minimum atomic E-state index is -4.57. The molecule has 21 heavy (non-hydrogen) atoms. The molecule has 0 fully saturated rings. The fourth-order valence-corrected chi connectivity index (χ4v) is 1.63. The van der Waals surface area contributed by atoms with E-state index >= 15 is 0 Å². The smallest absolute Gasteiger partial charge is 0.433 e. The van der Waals surface area contributed by atoms with E-state index in [1.165, 1.54) is 12.1 Å². The van der Waals surface area contributed by atoms with Crippen LogP contribution in [0, 0.1) is 0 Å². The average Bonchev–Trinajstić information content (AvgIpc) is 2.37. The van der Waals surface area contributed by atoms with Gasteiger partial charge in [-0.05, 0) is 19.1 Å². The Morgan fingerprint density at radius 1 is 1.19 bits per heavy atom. The van der Waals surface area contributed by atoms with E-state index in [1.807, 2.05) is 0 Å². The quantitative estimate of drug-likeness (QED) is 0.807. The SMILES string of the molecule is CCNc1nc(Nc2cccc(O)c2)cc(C(F)(F)F)n1. The molecule has 0 amide bonds. The van der Waals surface area contributed by atoms with Crippen molar-refractivity contribution in [2.75, 3.05) is 17.2 Å². The second kappa shape index (κ2) is 5.86. The number of phenolic OH excluding ortho intramolecular Hbond substituents is 1. The van der Waals surface area contributed by atoms with Crippen LogP contribution < -0.4 is 10.6 Å². The number of nitrogens with zero attached hydrogens (tertiary/aromatic N) is 2. The Morgan fingerprint density at radius 2 is 1.95 bits per heavy atom. The lowest BCUT2D eigenvalue weighted by Gasteiger charge is -2.12. The van der Waals surface area contributed by atoms with E-state index < -0.39 is 11.9 Å². The van der Waals surface area contributed by atoms with E-state index in [1.54, 1.807) is 19.1 Å². The second-order valence-corrected chi connectivity index (χ2v) is 4.17. The lowest BCUT2D eigenvalue weighted by molar-refractivity contribution is -0.141. The van der Waals surface area contributed by atoms with Gasteiger partial charge in [0.1, 0.15) is 11.6 Å². The van der Waals surface area contributed by atoms with Crippen molar-refractivity contribution in [2.24, 2.45) is 0 Å². The maximum atomic E-state index is 12.8. The molecule has 0 saturated carbocycles. The van der Waals surface area contributed by atoms with Crippen molar-refractivity contribution in [1.29, 1.82) is 0 Å². The molecule has 0 aliphatic carbocycles. The van der Waals surface area contributed by atoms with E-state index in [4.69, 9.17) is 0 Å². The monoisotopic (exact) mass is 298 g/mol. The van der Waals surface area contributed by atoms with Gasteiger partial charge in [0.2, 0.25) is 5.95 Å². The van der Waals surface area contributed by atoms with Crippen molar-refractivity contribution in [1.82, 2.24) is 9.97 Å². The summed E-state index contributed by atoms with van der Waals surface area (Å²) in [5, 5.41) is 14.7. The van der Waals surface area contributed by atoms with E-state index in [0.29, 0.717) is 12.2 Å². The Kier molecular flexibility index (Phi) is 4.15. The van der Waals surface area contributed by atoms with Gasteiger partial charge >= 0.3 is 6.18 Å². The molecule has 0 atom stereocenters. The van der Waals surface area contributed by atoms with Gasteiger partial charge in [-0.25, -0.2) is 4.98 Å². The molecule has 2 aromatic rings. The molecule has 1 aromatic heterocycles. The Bertz CT molecular complexity index is 631. The molecular formula is C13H13F3N4O. The maximum Gasteiger partial charge on any atom is 0.433 e. The normalized spacial score (nSPS) is 11.2. The van der Waals surface area contributed by atoms with Crippen LogP contribution in [0.3, 0.4) is 0 Å². The number of aromatic hydroxyl groups is 1. The Hall–Kier alpha value is -2.51. The van der Waals surface area contributed by atoms with Gasteiger partial charge in [-0.2, -0.15) is 18.2 Å². The van der Waals surface area contributed by atoms with E-state index in [0.717, 1.165) is 6.07 Å². The topological polar surface area (TPSA) is 70.1 Å². The van der Waals surface area contributed by atoms with Gasteiger partial charge in [0, 0.05) is 24.4 Å². The summed E-state index contributed by atoms with van der Waals surface area (Å²) in [6, 6.07) is 6.81. The van der Waals surface area contributed by atoms with Gasteiger partial charge in [-0.15, -0.1) is 0 Å². The van der Waals surface area contributed by atoms with Crippen LogP contribution in [0.2, 0.25) is 0 Å². The Balaban J connectivity index is 2.35. The highest BCUT2D eigenvalue weighted by Gasteiger charge is 2.33. The zero-order chi connectivity index (χ0) is 15.5. The summed E-state index contributed by atoms with van der Waals surface area (Å²) in [5.74, 6) is -0.133. The number of alkyl halides is 3. The highest BCUT2D eigenvalue weighted by molar-refractivity contribution is 5.59. The van der Waals surface area contributed by atoms with Gasteiger partial charge in [-0.3, -0.25) is 0 Å². The molecule has 0 saturated heterocycles. The summed E-state index contributed by atoms with van der Waals surface area (Å²) in [4.78, 5) is 7.36.